The van der Waals surface area contributed by atoms with E-state index in [9.17, 15) is 9.90 Å². The Morgan fingerprint density at radius 2 is 2.27 bits per heavy atom. The van der Waals surface area contributed by atoms with Gasteiger partial charge in [0.15, 0.2) is 0 Å². The number of carbonyl (C=O) groups is 1. The Bertz CT molecular complexity index is 498. The number of rotatable bonds is 5. The summed E-state index contributed by atoms with van der Waals surface area (Å²) in [6.07, 6.45) is 5.50. The van der Waals surface area contributed by atoms with Gasteiger partial charge in [-0.15, -0.1) is 0 Å². The van der Waals surface area contributed by atoms with Crippen LogP contribution in [0.25, 0.3) is 0 Å². The Morgan fingerprint density at radius 1 is 1.50 bits per heavy atom. The van der Waals surface area contributed by atoms with Gasteiger partial charge in [-0.3, -0.25) is 4.68 Å². The van der Waals surface area contributed by atoms with Gasteiger partial charge in [0.25, 0.3) is 0 Å². The Balaban J connectivity index is 2.09. The van der Waals surface area contributed by atoms with E-state index in [1.165, 1.54) is 0 Å². The molecule has 1 aromatic rings. The minimum absolute atomic E-state index is 0.0284. The van der Waals surface area contributed by atoms with E-state index in [0.717, 1.165) is 43.6 Å². The van der Waals surface area contributed by atoms with Crippen LogP contribution >= 0.6 is 0 Å². The molecule has 1 aromatic heterocycles. The van der Waals surface area contributed by atoms with Crippen LogP contribution in [0.15, 0.2) is 6.20 Å². The number of aliphatic hydroxyl groups is 1. The molecule has 2 amide bonds. The van der Waals surface area contributed by atoms with Crippen LogP contribution in [-0.2, 0) is 13.0 Å². The predicted octanol–water partition coefficient (Wildman–Crippen LogP) is 2.48. The summed E-state index contributed by atoms with van der Waals surface area (Å²) < 4.78 is 1.97. The van der Waals surface area contributed by atoms with Crippen molar-refractivity contribution < 1.29 is 9.90 Å². The van der Waals surface area contributed by atoms with Crippen molar-refractivity contribution in [1.82, 2.24) is 14.7 Å². The van der Waals surface area contributed by atoms with Crippen LogP contribution in [0.5, 0.6) is 0 Å². The van der Waals surface area contributed by atoms with Crippen LogP contribution in [0.3, 0.4) is 0 Å². The maximum Gasteiger partial charge on any atom is 0.322 e. The third-order valence-electron chi connectivity index (χ3n) is 4.16. The topological polar surface area (TPSA) is 70.4 Å². The van der Waals surface area contributed by atoms with Gasteiger partial charge >= 0.3 is 6.03 Å². The molecule has 2 rings (SSSR count). The molecule has 22 heavy (non-hydrogen) atoms. The molecule has 1 fully saturated rings. The molecule has 6 heteroatoms. The van der Waals surface area contributed by atoms with E-state index < -0.39 is 0 Å². The lowest BCUT2D eigenvalue weighted by Crippen LogP contribution is -2.47. The van der Waals surface area contributed by atoms with Crippen molar-refractivity contribution in [3.63, 3.8) is 0 Å². The van der Waals surface area contributed by atoms with Crippen LogP contribution in [0.1, 0.15) is 45.7 Å². The first-order valence-corrected chi connectivity index (χ1v) is 8.30. The number of nitrogens with zero attached hydrogens (tertiary/aromatic N) is 3. The average molecular weight is 308 g/mol. The molecule has 0 saturated carbocycles. The number of aromatic nitrogens is 2. The first kappa shape index (κ1) is 16.8. The van der Waals surface area contributed by atoms with Gasteiger partial charge in [0, 0.05) is 13.1 Å². The van der Waals surface area contributed by atoms with Crippen molar-refractivity contribution in [2.75, 3.05) is 18.5 Å². The molecule has 0 bridgehead atoms. The van der Waals surface area contributed by atoms with Crippen molar-refractivity contribution in [3.8, 4) is 0 Å². The molecule has 6 nitrogen and oxygen atoms in total. The van der Waals surface area contributed by atoms with Crippen LogP contribution in [0, 0.1) is 5.92 Å². The van der Waals surface area contributed by atoms with E-state index in [4.69, 9.17) is 0 Å². The quantitative estimate of drug-likeness (QED) is 0.878. The standard InChI is InChI=1S/C16H28N4O2/c1-4-15-14(9-17-20(15)10-12(2)3)18-16(22)19-8-6-5-7-13(19)11-21/h9,12-13,21H,4-8,10-11H2,1-3H3,(H,18,22). The number of urea groups is 1. The summed E-state index contributed by atoms with van der Waals surface area (Å²) in [5.41, 5.74) is 1.84. The van der Waals surface area contributed by atoms with Crippen molar-refractivity contribution in [1.29, 1.82) is 0 Å². The number of aliphatic hydroxyl groups excluding tert-OH is 1. The van der Waals surface area contributed by atoms with Crippen LogP contribution in [0.2, 0.25) is 0 Å². The zero-order chi connectivity index (χ0) is 16.1. The van der Waals surface area contributed by atoms with Gasteiger partial charge in [-0.2, -0.15) is 5.10 Å². The highest BCUT2D eigenvalue weighted by Gasteiger charge is 2.26. The van der Waals surface area contributed by atoms with E-state index in [1.807, 2.05) is 4.68 Å². The molecule has 1 saturated heterocycles. The molecule has 2 heterocycles. The first-order valence-electron chi connectivity index (χ1n) is 8.30. The number of hydrogen-bond donors (Lipinski definition) is 2. The predicted molar refractivity (Wildman–Crippen MR) is 86.9 cm³/mol. The fraction of sp³-hybridized carbons (Fsp3) is 0.750. The van der Waals surface area contributed by atoms with E-state index in [2.05, 4.69) is 31.2 Å². The summed E-state index contributed by atoms with van der Waals surface area (Å²) in [7, 11) is 0. The van der Waals surface area contributed by atoms with E-state index in [-0.39, 0.29) is 18.7 Å². The van der Waals surface area contributed by atoms with Gasteiger partial charge in [-0.05, 0) is 31.6 Å². The van der Waals surface area contributed by atoms with Gasteiger partial charge in [0.05, 0.1) is 30.2 Å². The van der Waals surface area contributed by atoms with Crippen LogP contribution in [-0.4, -0.2) is 45.0 Å². The number of amides is 2. The lowest BCUT2D eigenvalue weighted by Gasteiger charge is -2.34. The van der Waals surface area contributed by atoms with Crippen molar-refractivity contribution in [2.24, 2.45) is 5.92 Å². The van der Waals surface area contributed by atoms with E-state index >= 15 is 0 Å². The lowest BCUT2D eigenvalue weighted by atomic mass is 10.0. The number of hydrogen-bond acceptors (Lipinski definition) is 3. The van der Waals surface area contributed by atoms with Gasteiger partial charge in [-0.1, -0.05) is 20.8 Å². The summed E-state index contributed by atoms with van der Waals surface area (Å²) in [6.45, 7) is 7.96. The SMILES string of the molecule is CCc1c(NC(=O)N2CCCCC2CO)cnn1CC(C)C. The highest BCUT2D eigenvalue weighted by atomic mass is 16.3. The number of carbonyl (C=O) groups excluding carboxylic acids is 1. The summed E-state index contributed by atoms with van der Waals surface area (Å²) in [4.78, 5) is 14.3. The highest BCUT2D eigenvalue weighted by molar-refractivity contribution is 5.90. The molecule has 124 valence electrons. The molecule has 1 aliphatic heterocycles. The first-order chi connectivity index (χ1) is 10.6. The number of piperidine rings is 1. The smallest absolute Gasteiger partial charge is 0.322 e. The maximum absolute atomic E-state index is 12.5. The maximum atomic E-state index is 12.5. The summed E-state index contributed by atoms with van der Waals surface area (Å²) in [6, 6.07) is -0.193. The Kier molecular flexibility index (Phi) is 5.83. The molecule has 0 spiro atoms. The molecule has 2 N–H and O–H groups in total. The highest BCUT2D eigenvalue weighted by Crippen LogP contribution is 2.21. The van der Waals surface area contributed by atoms with Crippen molar-refractivity contribution >= 4 is 11.7 Å². The Labute approximate surface area is 132 Å². The third-order valence-corrected chi connectivity index (χ3v) is 4.16. The molecule has 1 aliphatic rings. The summed E-state index contributed by atoms with van der Waals surface area (Å²) in [5.74, 6) is 0.509. The van der Waals surface area contributed by atoms with Gasteiger partial charge in [0.2, 0.25) is 0 Å². The molecule has 0 radical (unpaired) electrons. The minimum Gasteiger partial charge on any atom is -0.394 e. The minimum atomic E-state index is -0.127. The Hall–Kier alpha value is -1.56. The fourth-order valence-electron chi connectivity index (χ4n) is 3.04. The largest absolute Gasteiger partial charge is 0.394 e. The second-order valence-corrected chi connectivity index (χ2v) is 6.39. The van der Waals surface area contributed by atoms with Crippen LogP contribution < -0.4 is 5.32 Å². The number of nitrogens with one attached hydrogen (secondary N) is 1. The number of likely N-dealkylation sites (tertiary alicyclic amines) is 1. The van der Waals surface area contributed by atoms with Gasteiger partial charge in [0.1, 0.15) is 0 Å². The summed E-state index contributed by atoms with van der Waals surface area (Å²) in [5, 5.41) is 16.8. The second-order valence-electron chi connectivity index (χ2n) is 6.39. The fourth-order valence-corrected chi connectivity index (χ4v) is 3.04. The monoisotopic (exact) mass is 308 g/mol. The average Bonchev–Trinajstić information content (AvgIpc) is 2.87. The molecule has 0 aliphatic carbocycles. The zero-order valence-corrected chi connectivity index (χ0v) is 13.9. The van der Waals surface area contributed by atoms with E-state index in [1.54, 1.807) is 11.1 Å². The second kappa shape index (κ2) is 7.63. The number of anilines is 1. The van der Waals surface area contributed by atoms with Crippen molar-refractivity contribution in [2.45, 2.75) is 59.0 Å². The third kappa shape index (κ3) is 3.80. The van der Waals surface area contributed by atoms with Crippen LogP contribution in [0.4, 0.5) is 10.5 Å². The van der Waals surface area contributed by atoms with E-state index in [0.29, 0.717) is 12.5 Å². The molecule has 1 atom stereocenters. The van der Waals surface area contributed by atoms with Crippen molar-refractivity contribution in [3.05, 3.63) is 11.9 Å². The molecular formula is C16H28N4O2. The Morgan fingerprint density at radius 3 is 2.91 bits per heavy atom. The molecular weight excluding hydrogens is 280 g/mol. The summed E-state index contributed by atoms with van der Waals surface area (Å²) >= 11 is 0. The van der Waals surface area contributed by atoms with Gasteiger partial charge in [-0.25, -0.2) is 4.79 Å². The molecule has 1 unspecified atom stereocenters. The molecule has 0 aromatic carbocycles. The van der Waals surface area contributed by atoms with Gasteiger partial charge < -0.3 is 15.3 Å². The normalized spacial score (nSPS) is 18.8. The zero-order valence-electron chi connectivity index (χ0n) is 13.9. The lowest BCUT2D eigenvalue weighted by molar-refractivity contribution is 0.115.